The second kappa shape index (κ2) is 11.7. The van der Waals surface area contributed by atoms with Gasteiger partial charge in [0.15, 0.2) is 0 Å². The lowest BCUT2D eigenvalue weighted by Gasteiger charge is -2.28. The van der Waals surface area contributed by atoms with E-state index in [9.17, 15) is 9.59 Å². The molecule has 3 amide bonds. The Morgan fingerprint density at radius 2 is 1.49 bits per heavy atom. The molecule has 198 valence electrons. The summed E-state index contributed by atoms with van der Waals surface area (Å²) in [5.41, 5.74) is 4.26. The Morgan fingerprint density at radius 1 is 0.865 bits per heavy atom. The Labute approximate surface area is 220 Å². The maximum absolute atomic E-state index is 13.2. The van der Waals surface area contributed by atoms with E-state index in [1.165, 1.54) is 5.56 Å². The minimum atomic E-state index is 0.00841. The molecule has 1 N–H and O–H groups in total. The lowest BCUT2D eigenvalue weighted by molar-refractivity contribution is 0.0735. The molecule has 5 rings (SSSR count). The number of aryl methyl sites for hydroxylation is 1. The first kappa shape index (κ1) is 25.7. The highest BCUT2D eigenvalue weighted by Crippen LogP contribution is 2.24. The summed E-state index contributed by atoms with van der Waals surface area (Å²) >= 11 is 0. The number of carbonyl (C=O) groups is 2. The third-order valence-corrected chi connectivity index (χ3v) is 8.28. The summed E-state index contributed by atoms with van der Waals surface area (Å²) in [7, 11) is 1.86. The van der Waals surface area contributed by atoms with Crippen LogP contribution in [0.25, 0.3) is 11.1 Å². The predicted octanol–water partition coefficient (Wildman–Crippen LogP) is 4.03. The quantitative estimate of drug-likeness (QED) is 0.645. The minimum absolute atomic E-state index is 0.00841. The van der Waals surface area contributed by atoms with E-state index in [-0.39, 0.29) is 18.0 Å². The first-order chi connectivity index (χ1) is 18.0. The van der Waals surface area contributed by atoms with Crippen LogP contribution in [0.15, 0.2) is 48.5 Å². The number of hydrogen-bond donors (Lipinski definition) is 1. The number of likely N-dealkylation sites (tertiary alicyclic amines) is 2. The average molecular weight is 505 g/mol. The van der Waals surface area contributed by atoms with Gasteiger partial charge in [-0.1, -0.05) is 43.3 Å². The number of benzene rings is 2. The van der Waals surface area contributed by atoms with Crippen LogP contribution in [0.1, 0.15) is 48.5 Å². The van der Waals surface area contributed by atoms with Crippen molar-refractivity contribution in [2.45, 2.75) is 57.2 Å². The number of nitrogens with one attached hydrogen (secondary N) is 1. The number of nitrogens with zero attached hydrogens (tertiary/aromatic N) is 3. The molecule has 0 unspecified atom stereocenters. The zero-order valence-corrected chi connectivity index (χ0v) is 22.2. The fourth-order valence-corrected chi connectivity index (χ4v) is 5.81. The Kier molecular flexibility index (Phi) is 8.11. The van der Waals surface area contributed by atoms with Crippen molar-refractivity contribution in [3.05, 3.63) is 59.7 Å². The molecule has 3 heterocycles. The number of amides is 3. The first-order valence-electron chi connectivity index (χ1n) is 13.9. The molecule has 3 aliphatic heterocycles. The van der Waals surface area contributed by atoms with Crippen molar-refractivity contribution >= 4 is 11.9 Å². The molecular formula is C30H40N4O3. The first-order valence-corrected chi connectivity index (χ1v) is 13.9. The maximum atomic E-state index is 13.2. The second-order valence-corrected chi connectivity index (χ2v) is 10.7. The third kappa shape index (κ3) is 5.99. The summed E-state index contributed by atoms with van der Waals surface area (Å²) in [5.74, 6) is 0.00841. The molecule has 0 radical (unpaired) electrons. The number of urea groups is 1. The molecule has 0 saturated carbocycles. The van der Waals surface area contributed by atoms with Gasteiger partial charge < -0.3 is 24.8 Å². The van der Waals surface area contributed by atoms with Crippen LogP contribution < -0.4 is 5.32 Å². The molecular weight excluding hydrogens is 464 g/mol. The Bertz CT molecular complexity index is 1070. The Balaban J connectivity index is 1.12. The van der Waals surface area contributed by atoms with Crippen LogP contribution in [-0.4, -0.2) is 91.2 Å². The molecule has 0 spiro atoms. The van der Waals surface area contributed by atoms with Crippen molar-refractivity contribution in [3.63, 3.8) is 0 Å². The fourth-order valence-electron chi connectivity index (χ4n) is 5.81. The van der Waals surface area contributed by atoms with Gasteiger partial charge in [0.05, 0.1) is 6.04 Å². The molecule has 0 bridgehead atoms. The molecule has 3 saturated heterocycles. The summed E-state index contributed by atoms with van der Waals surface area (Å²) in [6, 6.07) is 17.4. The number of likely N-dealkylation sites (N-methyl/N-ethyl adjacent to an activating group) is 1. The van der Waals surface area contributed by atoms with E-state index >= 15 is 0 Å². The predicted molar refractivity (Wildman–Crippen MR) is 146 cm³/mol. The third-order valence-electron chi connectivity index (χ3n) is 8.28. The molecule has 37 heavy (non-hydrogen) atoms. The summed E-state index contributed by atoms with van der Waals surface area (Å²) in [6.07, 6.45) is 4.93. The number of ether oxygens (including phenoxy) is 1. The highest BCUT2D eigenvalue weighted by molar-refractivity contribution is 5.95. The van der Waals surface area contributed by atoms with E-state index < -0.39 is 0 Å². The number of carbonyl (C=O) groups excluding carboxylic acids is 2. The van der Waals surface area contributed by atoms with Crippen molar-refractivity contribution in [1.29, 1.82) is 0 Å². The average Bonchev–Trinajstić information content (AvgIpc) is 3.63. The second-order valence-electron chi connectivity index (χ2n) is 10.7. The Morgan fingerprint density at radius 3 is 2.16 bits per heavy atom. The number of rotatable bonds is 6. The van der Waals surface area contributed by atoms with Crippen LogP contribution in [-0.2, 0) is 11.2 Å². The molecule has 0 aliphatic carbocycles. The van der Waals surface area contributed by atoms with Crippen LogP contribution >= 0.6 is 0 Å². The standard InChI is InChI=1S/C30H40N4O3/c1-3-22-4-6-23(7-5-22)24-8-10-25(11-9-24)29(35)32(2)28-13-17-34(21-28)30(36)33-16-12-27(20-33)31-26-14-18-37-19-15-26/h4-11,26-28,31H,3,12-21H2,1-2H3/t27-,28+/m1/s1. The van der Waals surface area contributed by atoms with E-state index in [1.807, 2.05) is 46.0 Å². The summed E-state index contributed by atoms with van der Waals surface area (Å²) < 4.78 is 5.46. The van der Waals surface area contributed by atoms with Crippen LogP contribution in [0.2, 0.25) is 0 Å². The number of hydrogen-bond acceptors (Lipinski definition) is 4. The van der Waals surface area contributed by atoms with E-state index in [1.54, 1.807) is 0 Å². The van der Waals surface area contributed by atoms with Gasteiger partial charge in [-0.05, 0) is 60.9 Å². The molecule has 0 aromatic heterocycles. The monoisotopic (exact) mass is 504 g/mol. The van der Waals surface area contributed by atoms with E-state index in [2.05, 4.69) is 36.5 Å². The van der Waals surface area contributed by atoms with E-state index in [4.69, 9.17) is 4.74 Å². The van der Waals surface area contributed by atoms with Crippen molar-refractivity contribution in [2.75, 3.05) is 46.4 Å². The molecule has 7 nitrogen and oxygen atoms in total. The molecule has 3 aliphatic rings. The highest BCUT2D eigenvalue weighted by Gasteiger charge is 2.36. The van der Waals surface area contributed by atoms with Crippen LogP contribution in [0.3, 0.4) is 0 Å². The van der Waals surface area contributed by atoms with Crippen LogP contribution in [0, 0.1) is 0 Å². The van der Waals surface area contributed by atoms with Gasteiger partial charge in [-0.25, -0.2) is 4.79 Å². The topological polar surface area (TPSA) is 65.1 Å². The van der Waals surface area contributed by atoms with Gasteiger partial charge in [0, 0.05) is 64.1 Å². The van der Waals surface area contributed by atoms with Crippen LogP contribution in [0.5, 0.6) is 0 Å². The minimum Gasteiger partial charge on any atom is -0.381 e. The highest BCUT2D eigenvalue weighted by atomic mass is 16.5. The molecule has 2 atom stereocenters. The van der Waals surface area contributed by atoms with Crippen LogP contribution in [0.4, 0.5) is 4.79 Å². The molecule has 3 fully saturated rings. The van der Waals surface area contributed by atoms with Gasteiger partial charge in [0.1, 0.15) is 0 Å². The molecule has 7 heteroatoms. The van der Waals surface area contributed by atoms with Crippen molar-refractivity contribution in [1.82, 2.24) is 20.0 Å². The van der Waals surface area contributed by atoms with Gasteiger partial charge in [0.25, 0.3) is 5.91 Å². The van der Waals surface area contributed by atoms with E-state index in [0.717, 1.165) is 69.5 Å². The molecule has 2 aromatic carbocycles. The van der Waals surface area contributed by atoms with Gasteiger partial charge in [-0.3, -0.25) is 4.79 Å². The smallest absolute Gasteiger partial charge is 0.320 e. The van der Waals surface area contributed by atoms with Gasteiger partial charge in [-0.15, -0.1) is 0 Å². The SMILES string of the molecule is CCc1ccc(-c2ccc(C(=O)N(C)[C@H]3CCN(C(=O)N4CC[C@@H](NC5CCOCC5)C4)C3)cc2)cc1. The van der Waals surface area contributed by atoms with Gasteiger partial charge in [0.2, 0.25) is 0 Å². The largest absolute Gasteiger partial charge is 0.381 e. The fraction of sp³-hybridized carbons (Fsp3) is 0.533. The summed E-state index contributed by atoms with van der Waals surface area (Å²) in [4.78, 5) is 32.2. The zero-order valence-electron chi connectivity index (χ0n) is 22.2. The maximum Gasteiger partial charge on any atom is 0.320 e. The summed E-state index contributed by atoms with van der Waals surface area (Å²) in [5, 5.41) is 3.73. The van der Waals surface area contributed by atoms with Crippen molar-refractivity contribution in [3.8, 4) is 11.1 Å². The normalized spacial score (nSPS) is 22.4. The lowest BCUT2D eigenvalue weighted by atomic mass is 10.0. The van der Waals surface area contributed by atoms with Crippen molar-refractivity contribution in [2.24, 2.45) is 0 Å². The van der Waals surface area contributed by atoms with E-state index in [0.29, 0.717) is 30.7 Å². The van der Waals surface area contributed by atoms with Gasteiger partial charge >= 0.3 is 6.03 Å². The Hall–Kier alpha value is -2.90. The summed E-state index contributed by atoms with van der Waals surface area (Å²) in [6.45, 7) is 6.65. The zero-order chi connectivity index (χ0) is 25.8. The lowest BCUT2D eigenvalue weighted by Crippen LogP contribution is -2.46. The van der Waals surface area contributed by atoms with Gasteiger partial charge in [-0.2, -0.15) is 0 Å². The molecule has 2 aromatic rings. The van der Waals surface area contributed by atoms with Crippen molar-refractivity contribution < 1.29 is 14.3 Å².